The first-order chi connectivity index (χ1) is 14.5. The van der Waals surface area contributed by atoms with Crippen LogP contribution >= 0.6 is 0 Å². The Morgan fingerprint density at radius 1 is 0.433 bits per heavy atom. The lowest BCUT2D eigenvalue weighted by molar-refractivity contribution is -0.138. The summed E-state index contributed by atoms with van der Waals surface area (Å²) in [6, 6.07) is 0. The van der Waals surface area contributed by atoms with Gasteiger partial charge in [-0.1, -0.05) is 117 Å². The van der Waals surface area contributed by atoms with Crippen LogP contribution in [0.4, 0.5) is 0 Å². The van der Waals surface area contributed by atoms with E-state index in [0.717, 1.165) is 32.8 Å². The molecule has 0 spiro atoms. The number of hydrogen-bond acceptors (Lipinski definition) is 3. The molecule has 0 saturated carbocycles. The summed E-state index contributed by atoms with van der Waals surface area (Å²) in [5.74, 6) is -1.32. The molecule has 0 aliphatic carbocycles. The summed E-state index contributed by atoms with van der Waals surface area (Å²) in [5.41, 5.74) is 0. The smallest absolute Gasteiger partial charge is 0.303 e. The molecule has 0 atom stereocenters. The lowest BCUT2D eigenvalue weighted by Crippen LogP contribution is -1.93. The molecule has 30 heavy (non-hydrogen) atoms. The third-order valence-corrected chi connectivity index (χ3v) is 4.99. The Morgan fingerprint density at radius 2 is 0.633 bits per heavy atom. The minimum absolute atomic E-state index is 0.343. The van der Waals surface area contributed by atoms with Gasteiger partial charge in [-0.2, -0.15) is 0 Å². The molecule has 5 nitrogen and oxygen atoms in total. The van der Waals surface area contributed by atoms with Gasteiger partial charge >= 0.3 is 11.9 Å². The van der Waals surface area contributed by atoms with Gasteiger partial charge in [-0.05, 0) is 12.8 Å². The van der Waals surface area contributed by atoms with E-state index >= 15 is 0 Å². The first kappa shape index (κ1) is 33.5. The van der Waals surface area contributed by atoms with Crippen molar-refractivity contribution in [2.24, 2.45) is 0 Å². The summed E-state index contributed by atoms with van der Waals surface area (Å²) in [6.45, 7) is 4.46. The minimum Gasteiger partial charge on any atom is -0.481 e. The van der Waals surface area contributed by atoms with E-state index in [2.05, 4.69) is 13.8 Å². The van der Waals surface area contributed by atoms with E-state index < -0.39 is 11.9 Å². The molecule has 0 saturated heterocycles. The van der Waals surface area contributed by atoms with Crippen LogP contribution in [0.1, 0.15) is 142 Å². The summed E-state index contributed by atoms with van der Waals surface area (Å²) in [7, 11) is 1.00. The zero-order chi connectivity index (χ0) is 23.3. The average Bonchev–Trinajstić information content (AvgIpc) is 2.73. The summed E-state index contributed by atoms with van der Waals surface area (Å²) >= 11 is 0. The van der Waals surface area contributed by atoms with Gasteiger partial charge in [0.05, 0.1) is 0 Å². The van der Waals surface area contributed by atoms with Gasteiger partial charge in [0.15, 0.2) is 0 Å². The van der Waals surface area contributed by atoms with Crippen molar-refractivity contribution in [3.05, 3.63) is 0 Å². The number of aliphatic hydroxyl groups excluding tert-OH is 1. The Kier molecular flexibility index (Phi) is 36.4. The van der Waals surface area contributed by atoms with Crippen LogP contribution < -0.4 is 0 Å². The standard InChI is InChI=1S/2C12H24O2.CH4O/c2*1-2-3-4-5-6-7-8-9-10-11-12(13)14;1-2/h2*2-11H2,1H3,(H,13,14);2H,1H3. The molecule has 0 aromatic heterocycles. The highest BCUT2D eigenvalue weighted by atomic mass is 16.4. The van der Waals surface area contributed by atoms with E-state index in [1.807, 2.05) is 0 Å². The van der Waals surface area contributed by atoms with E-state index in [4.69, 9.17) is 15.3 Å². The number of hydrogen-bond donors (Lipinski definition) is 3. The van der Waals surface area contributed by atoms with E-state index in [1.54, 1.807) is 0 Å². The Balaban J connectivity index is -0.000000448. The summed E-state index contributed by atoms with van der Waals surface area (Å²) in [4.78, 5) is 20.4. The van der Waals surface area contributed by atoms with Crippen LogP contribution in [0.5, 0.6) is 0 Å². The fourth-order valence-corrected chi connectivity index (χ4v) is 3.17. The lowest BCUT2D eigenvalue weighted by atomic mass is 10.1. The maximum Gasteiger partial charge on any atom is 0.303 e. The summed E-state index contributed by atoms with van der Waals surface area (Å²) in [5, 5.41) is 23.8. The van der Waals surface area contributed by atoms with Crippen LogP contribution in [-0.4, -0.2) is 34.4 Å². The quantitative estimate of drug-likeness (QED) is 0.172. The van der Waals surface area contributed by atoms with Crippen molar-refractivity contribution in [3.8, 4) is 0 Å². The van der Waals surface area contributed by atoms with Crippen LogP contribution in [0, 0.1) is 0 Å². The number of carboxylic acid groups (broad SMARTS) is 2. The van der Waals surface area contributed by atoms with Crippen molar-refractivity contribution in [2.45, 2.75) is 142 Å². The highest BCUT2D eigenvalue weighted by molar-refractivity contribution is 5.66. The van der Waals surface area contributed by atoms with E-state index in [9.17, 15) is 9.59 Å². The monoisotopic (exact) mass is 432 g/mol. The molecule has 0 fully saturated rings. The number of carbonyl (C=O) groups is 2. The van der Waals surface area contributed by atoms with Gasteiger partial charge in [-0.3, -0.25) is 9.59 Å². The van der Waals surface area contributed by atoms with Gasteiger partial charge in [0.25, 0.3) is 0 Å². The molecule has 0 amide bonds. The second-order valence-corrected chi connectivity index (χ2v) is 7.94. The van der Waals surface area contributed by atoms with Crippen molar-refractivity contribution in [3.63, 3.8) is 0 Å². The molecule has 0 unspecified atom stereocenters. The van der Waals surface area contributed by atoms with Crippen molar-refractivity contribution in [1.29, 1.82) is 0 Å². The lowest BCUT2D eigenvalue weighted by Gasteiger charge is -2.00. The van der Waals surface area contributed by atoms with E-state index in [0.29, 0.717) is 12.8 Å². The normalized spacial score (nSPS) is 9.87. The van der Waals surface area contributed by atoms with Gasteiger partial charge < -0.3 is 15.3 Å². The molecule has 0 radical (unpaired) electrons. The average molecular weight is 433 g/mol. The molecule has 182 valence electrons. The third-order valence-electron chi connectivity index (χ3n) is 4.99. The Bertz CT molecular complexity index is 300. The summed E-state index contributed by atoms with van der Waals surface area (Å²) < 4.78 is 0. The molecule has 5 heteroatoms. The van der Waals surface area contributed by atoms with Gasteiger partial charge in [0, 0.05) is 20.0 Å². The predicted octanol–water partition coefficient (Wildman–Crippen LogP) is 7.59. The second-order valence-electron chi connectivity index (χ2n) is 7.94. The van der Waals surface area contributed by atoms with E-state index in [1.165, 1.54) is 89.9 Å². The molecule has 0 rings (SSSR count). The molecule has 0 aromatic rings. The molecule has 0 aromatic carbocycles. The third kappa shape index (κ3) is 41.3. The first-order valence-electron chi connectivity index (χ1n) is 12.4. The number of rotatable bonds is 20. The van der Waals surface area contributed by atoms with Crippen LogP contribution in [0.25, 0.3) is 0 Å². The second kappa shape index (κ2) is 32.6. The largest absolute Gasteiger partial charge is 0.481 e. The zero-order valence-electron chi connectivity index (χ0n) is 20.3. The molecule has 0 aliphatic heterocycles. The molecular weight excluding hydrogens is 380 g/mol. The highest BCUT2D eigenvalue weighted by Crippen LogP contribution is 2.11. The van der Waals surface area contributed by atoms with Gasteiger partial charge in [-0.25, -0.2) is 0 Å². The van der Waals surface area contributed by atoms with Crippen LogP contribution in [0.15, 0.2) is 0 Å². The molecule has 0 bridgehead atoms. The fourth-order valence-electron chi connectivity index (χ4n) is 3.17. The first-order valence-corrected chi connectivity index (χ1v) is 12.4. The van der Waals surface area contributed by atoms with Crippen molar-refractivity contribution in [2.75, 3.05) is 7.11 Å². The van der Waals surface area contributed by atoms with Crippen molar-refractivity contribution < 1.29 is 24.9 Å². The van der Waals surface area contributed by atoms with Crippen molar-refractivity contribution in [1.82, 2.24) is 0 Å². The number of unbranched alkanes of at least 4 members (excludes halogenated alkanes) is 16. The topological polar surface area (TPSA) is 94.8 Å². The minimum atomic E-state index is -0.659. The van der Waals surface area contributed by atoms with Gasteiger partial charge in [0.1, 0.15) is 0 Å². The fraction of sp³-hybridized carbons (Fsp3) is 0.920. The Morgan fingerprint density at radius 3 is 0.833 bits per heavy atom. The zero-order valence-corrected chi connectivity index (χ0v) is 20.3. The SMILES string of the molecule is CCCCCCCCCCCC(=O)O.CCCCCCCCCCCC(=O)O.CO. The number of carboxylic acids is 2. The van der Waals surface area contributed by atoms with Gasteiger partial charge in [-0.15, -0.1) is 0 Å². The van der Waals surface area contributed by atoms with Crippen LogP contribution in [0.3, 0.4) is 0 Å². The predicted molar refractivity (Wildman–Crippen MR) is 127 cm³/mol. The molecule has 0 aliphatic rings. The molecule has 0 heterocycles. The molecule has 3 N–H and O–H groups in total. The maximum atomic E-state index is 10.2. The van der Waals surface area contributed by atoms with Gasteiger partial charge in [0.2, 0.25) is 0 Å². The Labute approximate surface area is 186 Å². The van der Waals surface area contributed by atoms with Crippen LogP contribution in [-0.2, 0) is 9.59 Å². The molecular formula is C25H52O5. The number of aliphatic hydroxyl groups is 1. The van der Waals surface area contributed by atoms with E-state index in [-0.39, 0.29) is 0 Å². The number of aliphatic carboxylic acids is 2. The van der Waals surface area contributed by atoms with Crippen LogP contribution in [0.2, 0.25) is 0 Å². The van der Waals surface area contributed by atoms with Crippen molar-refractivity contribution >= 4 is 11.9 Å². The summed E-state index contributed by atoms with van der Waals surface area (Å²) in [6.07, 6.45) is 23.0. The maximum absolute atomic E-state index is 10.2. The Hall–Kier alpha value is -1.10. The highest BCUT2D eigenvalue weighted by Gasteiger charge is 1.97.